The summed E-state index contributed by atoms with van der Waals surface area (Å²) in [6.07, 6.45) is 0. The van der Waals surface area contributed by atoms with Crippen molar-refractivity contribution in [2.24, 2.45) is 0 Å². The summed E-state index contributed by atoms with van der Waals surface area (Å²) in [7, 11) is 0. The van der Waals surface area contributed by atoms with Crippen molar-refractivity contribution in [3.8, 4) is 33.8 Å². The molecule has 0 unspecified atom stereocenters. The van der Waals surface area contributed by atoms with E-state index in [2.05, 4.69) is 54.6 Å². The van der Waals surface area contributed by atoms with E-state index in [1.54, 1.807) is 0 Å². The topological polar surface area (TPSA) is 18.5 Å². The van der Waals surface area contributed by atoms with E-state index in [4.69, 9.17) is 9.47 Å². The first-order valence-corrected chi connectivity index (χ1v) is 8.38. The van der Waals surface area contributed by atoms with Gasteiger partial charge in [0.15, 0.2) is 11.5 Å². The van der Waals surface area contributed by atoms with Gasteiger partial charge in [0.25, 0.3) is 0 Å². The predicted molar refractivity (Wildman–Crippen MR) is 99.7 cm³/mol. The summed E-state index contributed by atoms with van der Waals surface area (Å²) in [6, 6.07) is 25.0. The first-order valence-electron chi connectivity index (χ1n) is 8.38. The molecule has 0 aliphatic carbocycles. The number of ether oxygens (including phenoxy) is 2. The highest BCUT2D eigenvalue weighted by atomic mass is 16.5. The highest BCUT2D eigenvalue weighted by molar-refractivity contribution is 5.76. The highest BCUT2D eigenvalue weighted by Crippen LogP contribution is 2.38. The molecule has 2 nitrogen and oxygen atoms in total. The van der Waals surface area contributed by atoms with E-state index in [1.807, 2.05) is 32.0 Å². The highest BCUT2D eigenvalue weighted by Gasteiger charge is 2.12. The second kappa shape index (κ2) is 7.69. The summed E-state index contributed by atoms with van der Waals surface area (Å²) >= 11 is 0. The fraction of sp³-hybridized carbons (Fsp3) is 0.182. The molecule has 0 aromatic heterocycles. The molecule has 24 heavy (non-hydrogen) atoms. The predicted octanol–water partition coefficient (Wildman–Crippen LogP) is 5.82. The van der Waals surface area contributed by atoms with Gasteiger partial charge in [-0.15, -0.1) is 0 Å². The Morgan fingerprint density at radius 2 is 1.21 bits per heavy atom. The van der Waals surface area contributed by atoms with Crippen molar-refractivity contribution in [2.75, 3.05) is 13.2 Å². The van der Waals surface area contributed by atoms with Crippen molar-refractivity contribution in [3.63, 3.8) is 0 Å². The molecule has 0 spiro atoms. The van der Waals surface area contributed by atoms with Crippen molar-refractivity contribution < 1.29 is 9.47 Å². The van der Waals surface area contributed by atoms with Gasteiger partial charge in [0.1, 0.15) is 0 Å². The zero-order valence-electron chi connectivity index (χ0n) is 14.2. The van der Waals surface area contributed by atoms with Crippen LogP contribution in [0.4, 0.5) is 0 Å². The largest absolute Gasteiger partial charge is 0.490 e. The lowest BCUT2D eigenvalue weighted by Crippen LogP contribution is -2.00. The van der Waals surface area contributed by atoms with Crippen LogP contribution in [0.3, 0.4) is 0 Å². The SMILES string of the molecule is CCOc1cccc(-c2ccc(-c3ccccc3)cc2)c1OCC. The lowest BCUT2D eigenvalue weighted by molar-refractivity contribution is 0.289. The van der Waals surface area contributed by atoms with Gasteiger partial charge in [-0.2, -0.15) is 0 Å². The first kappa shape index (κ1) is 16.1. The molecule has 0 aliphatic heterocycles. The van der Waals surface area contributed by atoms with Gasteiger partial charge < -0.3 is 9.47 Å². The summed E-state index contributed by atoms with van der Waals surface area (Å²) in [6.45, 7) is 5.21. The Labute approximate surface area is 143 Å². The lowest BCUT2D eigenvalue weighted by Gasteiger charge is -2.15. The molecule has 3 aromatic carbocycles. The number of benzene rings is 3. The monoisotopic (exact) mass is 318 g/mol. The maximum Gasteiger partial charge on any atom is 0.168 e. The number of hydrogen-bond donors (Lipinski definition) is 0. The minimum Gasteiger partial charge on any atom is -0.490 e. The third-order valence-corrected chi connectivity index (χ3v) is 3.87. The van der Waals surface area contributed by atoms with Crippen molar-refractivity contribution in [1.29, 1.82) is 0 Å². The van der Waals surface area contributed by atoms with Gasteiger partial charge >= 0.3 is 0 Å². The van der Waals surface area contributed by atoms with E-state index < -0.39 is 0 Å². The Morgan fingerprint density at radius 1 is 0.583 bits per heavy atom. The van der Waals surface area contributed by atoms with Crippen LogP contribution in [0.5, 0.6) is 11.5 Å². The Balaban J connectivity index is 1.98. The Hall–Kier alpha value is -2.74. The van der Waals surface area contributed by atoms with E-state index in [-0.39, 0.29) is 0 Å². The van der Waals surface area contributed by atoms with Crippen LogP contribution in [0.15, 0.2) is 72.8 Å². The van der Waals surface area contributed by atoms with Gasteiger partial charge in [-0.05, 0) is 36.6 Å². The Bertz CT molecular complexity index is 777. The van der Waals surface area contributed by atoms with E-state index in [0.717, 1.165) is 22.6 Å². The molecule has 3 rings (SSSR count). The molecular weight excluding hydrogens is 296 g/mol. The van der Waals surface area contributed by atoms with Gasteiger partial charge in [0.05, 0.1) is 13.2 Å². The van der Waals surface area contributed by atoms with Crippen LogP contribution in [0, 0.1) is 0 Å². The molecule has 0 radical (unpaired) electrons. The molecule has 0 N–H and O–H groups in total. The smallest absolute Gasteiger partial charge is 0.168 e. The molecule has 122 valence electrons. The molecule has 0 atom stereocenters. The van der Waals surface area contributed by atoms with Gasteiger partial charge in [-0.25, -0.2) is 0 Å². The summed E-state index contributed by atoms with van der Waals surface area (Å²) in [5.74, 6) is 1.61. The quantitative estimate of drug-likeness (QED) is 0.570. The summed E-state index contributed by atoms with van der Waals surface area (Å²) in [5, 5.41) is 0. The van der Waals surface area contributed by atoms with Gasteiger partial charge in [0.2, 0.25) is 0 Å². The second-order valence-electron chi connectivity index (χ2n) is 5.44. The van der Waals surface area contributed by atoms with E-state index >= 15 is 0 Å². The van der Waals surface area contributed by atoms with Gasteiger partial charge in [-0.1, -0.05) is 66.7 Å². The minimum absolute atomic E-state index is 0.610. The zero-order chi connectivity index (χ0) is 16.8. The molecule has 0 heterocycles. The van der Waals surface area contributed by atoms with Crippen LogP contribution in [0.25, 0.3) is 22.3 Å². The van der Waals surface area contributed by atoms with E-state index in [0.29, 0.717) is 13.2 Å². The molecule has 0 saturated carbocycles. The summed E-state index contributed by atoms with van der Waals surface area (Å²) < 4.78 is 11.6. The molecule has 2 heteroatoms. The lowest BCUT2D eigenvalue weighted by atomic mass is 9.99. The fourth-order valence-electron chi connectivity index (χ4n) is 2.78. The van der Waals surface area contributed by atoms with Crippen LogP contribution in [0.1, 0.15) is 13.8 Å². The number of para-hydroxylation sites is 1. The number of hydrogen-bond acceptors (Lipinski definition) is 2. The molecule has 0 saturated heterocycles. The minimum atomic E-state index is 0.610. The third-order valence-electron chi connectivity index (χ3n) is 3.87. The third kappa shape index (κ3) is 3.43. The molecule has 0 amide bonds. The van der Waals surface area contributed by atoms with Gasteiger partial charge in [0, 0.05) is 5.56 Å². The van der Waals surface area contributed by atoms with Crippen LogP contribution < -0.4 is 9.47 Å². The van der Waals surface area contributed by atoms with Crippen molar-refractivity contribution in [1.82, 2.24) is 0 Å². The van der Waals surface area contributed by atoms with Crippen LogP contribution in [0.2, 0.25) is 0 Å². The Morgan fingerprint density at radius 3 is 1.88 bits per heavy atom. The van der Waals surface area contributed by atoms with E-state index in [1.165, 1.54) is 11.1 Å². The standard InChI is InChI=1S/C22H22O2/c1-3-23-21-12-8-11-20(22(21)24-4-2)19-15-13-18(14-16-19)17-9-6-5-7-10-17/h5-16H,3-4H2,1-2H3. The van der Waals surface area contributed by atoms with Gasteiger partial charge in [-0.3, -0.25) is 0 Å². The maximum absolute atomic E-state index is 5.86. The zero-order valence-corrected chi connectivity index (χ0v) is 14.2. The fourth-order valence-corrected chi connectivity index (χ4v) is 2.78. The van der Waals surface area contributed by atoms with Crippen molar-refractivity contribution >= 4 is 0 Å². The maximum atomic E-state index is 5.86. The number of rotatable bonds is 6. The molecule has 3 aromatic rings. The first-order chi connectivity index (χ1) is 11.8. The van der Waals surface area contributed by atoms with Crippen LogP contribution >= 0.6 is 0 Å². The average Bonchev–Trinajstić information content (AvgIpc) is 2.64. The summed E-state index contributed by atoms with van der Waals surface area (Å²) in [5.41, 5.74) is 4.61. The van der Waals surface area contributed by atoms with E-state index in [9.17, 15) is 0 Å². The molecule has 0 bridgehead atoms. The van der Waals surface area contributed by atoms with Crippen LogP contribution in [-0.4, -0.2) is 13.2 Å². The van der Waals surface area contributed by atoms with Crippen molar-refractivity contribution in [2.45, 2.75) is 13.8 Å². The average molecular weight is 318 g/mol. The van der Waals surface area contributed by atoms with Crippen LogP contribution in [-0.2, 0) is 0 Å². The molecular formula is C22H22O2. The Kier molecular flexibility index (Phi) is 5.17. The normalized spacial score (nSPS) is 10.4. The summed E-state index contributed by atoms with van der Waals surface area (Å²) in [4.78, 5) is 0. The molecule has 0 fully saturated rings. The molecule has 0 aliphatic rings. The van der Waals surface area contributed by atoms with Crippen molar-refractivity contribution in [3.05, 3.63) is 72.8 Å². The second-order valence-corrected chi connectivity index (χ2v) is 5.44.